The molecule has 1 amide bonds. The topological polar surface area (TPSA) is 46.3 Å². The van der Waals surface area contributed by atoms with Crippen LogP contribution in [0, 0.1) is 0 Å². The third kappa shape index (κ3) is 2.08. The molecule has 1 aliphatic heterocycles. The van der Waals surface area contributed by atoms with Crippen molar-refractivity contribution in [2.24, 2.45) is 5.73 Å². The largest absolute Gasteiger partial charge is 0.326 e. The van der Waals surface area contributed by atoms with E-state index in [-0.39, 0.29) is 5.91 Å². The van der Waals surface area contributed by atoms with Crippen LogP contribution in [0.4, 0.5) is 5.69 Å². The SMILES string of the molecule is NCc1ccc2c(c1)CC(=O)N2CCCS. The summed E-state index contributed by atoms with van der Waals surface area (Å²) in [6, 6.07) is 6.03. The van der Waals surface area contributed by atoms with Gasteiger partial charge in [-0.3, -0.25) is 4.79 Å². The Bertz CT molecular complexity index is 406. The van der Waals surface area contributed by atoms with Crippen molar-refractivity contribution in [2.45, 2.75) is 19.4 Å². The number of rotatable bonds is 4. The fourth-order valence-corrected chi connectivity index (χ4v) is 2.18. The highest BCUT2D eigenvalue weighted by Gasteiger charge is 2.26. The van der Waals surface area contributed by atoms with E-state index in [2.05, 4.69) is 12.6 Å². The number of amides is 1. The van der Waals surface area contributed by atoms with Crippen molar-refractivity contribution >= 4 is 24.2 Å². The molecular weight excluding hydrogens is 220 g/mol. The maximum atomic E-state index is 11.8. The molecule has 0 saturated heterocycles. The molecule has 0 bridgehead atoms. The van der Waals surface area contributed by atoms with Gasteiger partial charge in [0.25, 0.3) is 0 Å². The highest BCUT2D eigenvalue weighted by molar-refractivity contribution is 7.80. The van der Waals surface area contributed by atoms with E-state index >= 15 is 0 Å². The van der Waals surface area contributed by atoms with Gasteiger partial charge >= 0.3 is 0 Å². The third-order valence-corrected chi connectivity index (χ3v) is 3.17. The lowest BCUT2D eigenvalue weighted by Gasteiger charge is -2.16. The van der Waals surface area contributed by atoms with Gasteiger partial charge in [0.15, 0.2) is 0 Å². The standard InChI is InChI=1S/C12H16N2OS/c13-8-9-2-3-11-10(6-9)7-12(15)14(11)4-1-5-16/h2-3,6,16H,1,4-5,7-8,13H2. The van der Waals surface area contributed by atoms with Crippen LogP contribution in [0.25, 0.3) is 0 Å². The van der Waals surface area contributed by atoms with E-state index in [1.807, 2.05) is 23.1 Å². The van der Waals surface area contributed by atoms with Crippen molar-refractivity contribution in [3.8, 4) is 0 Å². The van der Waals surface area contributed by atoms with Crippen LogP contribution in [0.2, 0.25) is 0 Å². The van der Waals surface area contributed by atoms with E-state index in [1.54, 1.807) is 0 Å². The first-order chi connectivity index (χ1) is 7.76. The van der Waals surface area contributed by atoms with Gasteiger partial charge in [-0.1, -0.05) is 12.1 Å². The van der Waals surface area contributed by atoms with Gasteiger partial charge in [0.2, 0.25) is 5.91 Å². The molecule has 0 atom stereocenters. The molecule has 3 nitrogen and oxygen atoms in total. The number of nitrogens with zero attached hydrogens (tertiary/aromatic N) is 1. The summed E-state index contributed by atoms with van der Waals surface area (Å²) in [6.45, 7) is 1.29. The molecule has 1 heterocycles. The van der Waals surface area contributed by atoms with E-state index in [1.165, 1.54) is 0 Å². The van der Waals surface area contributed by atoms with Crippen LogP contribution < -0.4 is 10.6 Å². The number of fused-ring (bicyclic) bond motifs is 1. The fourth-order valence-electron chi connectivity index (χ4n) is 2.04. The molecule has 0 saturated carbocycles. The lowest BCUT2D eigenvalue weighted by Crippen LogP contribution is -2.27. The number of carbonyl (C=O) groups excluding carboxylic acids is 1. The molecule has 0 aromatic heterocycles. The zero-order valence-electron chi connectivity index (χ0n) is 9.15. The van der Waals surface area contributed by atoms with Crippen LogP contribution in [0.15, 0.2) is 18.2 Å². The number of carbonyl (C=O) groups is 1. The maximum Gasteiger partial charge on any atom is 0.231 e. The van der Waals surface area contributed by atoms with Crippen molar-refractivity contribution < 1.29 is 4.79 Å². The fraction of sp³-hybridized carbons (Fsp3) is 0.417. The summed E-state index contributed by atoms with van der Waals surface area (Å²) in [7, 11) is 0. The van der Waals surface area contributed by atoms with Gasteiger partial charge < -0.3 is 10.6 Å². The van der Waals surface area contributed by atoms with Crippen LogP contribution in [-0.4, -0.2) is 18.2 Å². The predicted octanol–water partition coefficient (Wildman–Crippen LogP) is 1.35. The predicted molar refractivity (Wildman–Crippen MR) is 68.9 cm³/mol. The number of hydrogen-bond donors (Lipinski definition) is 2. The second-order valence-corrected chi connectivity index (χ2v) is 4.41. The van der Waals surface area contributed by atoms with Crippen molar-refractivity contribution in [1.29, 1.82) is 0 Å². The molecule has 0 spiro atoms. The summed E-state index contributed by atoms with van der Waals surface area (Å²) >= 11 is 4.17. The summed E-state index contributed by atoms with van der Waals surface area (Å²) in [5, 5.41) is 0. The lowest BCUT2D eigenvalue weighted by atomic mass is 10.1. The Balaban J connectivity index is 2.24. The van der Waals surface area contributed by atoms with Gasteiger partial charge in [-0.2, -0.15) is 12.6 Å². The number of nitrogens with two attached hydrogens (primary N) is 1. The second kappa shape index (κ2) is 4.89. The molecule has 0 aliphatic carbocycles. The average Bonchev–Trinajstić information content (AvgIpc) is 2.61. The Morgan fingerprint density at radius 1 is 1.44 bits per heavy atom. The Kier molecular flexibility index (Phi) is 3.51. The van der Waals surface area contributed by atoms with E-state index in [0.717, 1.165) is 35.5 Å². The first-order valence-electron chi connectivity index (χ1n) is 5.49. The summed E-state index contributed by atoms with van der Waals surface area (Å²) in [6.07, 6.45) is 1.43. The minimum Gasteiger partial charge on any atom is -0.326 e. The molecule has 4 heteroatoms. The number of anilines is 1. The quantitative estimate of drug-likeness (QED) is 0.775. The third-order valence-electron chi connectivity index (χ3n) is 2.85. The van der Waals surface area contributed by atoms with Crippen LogP contribution in [0.5, 0.6) is 0 Å². The second-order valence-electron chi connectivity index (χ2n) is 3.97. The zero-order chi connectivity index (χ0) is 11.5. The normalized spacial score (nSPS) is 14.4. The molecule has 1 aromatic rings. The first kappa shape index (κ1) is 11.5. The van der Waals surface area contributed by atoms with Gasteiger partial charge in [0, 0.05) is 18.8 Å². The molecule has 0 radical (unpaired) electrons. The molecule has 86 valence electrons. The van der Waals surface area contributed by atoms with Crippen molar-refractivity contribution in [3.05, 3.63) is 29.3 Å². The average molecular weight is 236 g/mol. The molecule has 16 heavy (non-hydrogen) atoms. The molecule has 1 aromatic carbocycles. The van der Waals surface area contributed by atoms with Crippen LogP contribution >= 0.6 is 12.6 Å². The molecular formula is C12H16N2OS. The molecule has 1 aliphatic rings. The van der Waals surface area contributed by atoms with Crippen LogP contribution in [-0.2, 0) is 17.8 Å². The Morgan fingerprint density at radius 3 is 2.94 bits per heavy atom. The highest BCUT2D eigenvalue weighted by Crippen LogP contribution is 2.29. The summed E-state index contributed by atoms with van der Waals surface area (Å²) in [4.78, 5) is 13.7. The van der Waals surface area contributed by atoms with Crippen molar-refractivity contribution in [3.63, 3.8) is 0 Å². The summed E-state index contributed by atoms with van der Waals surface area (Å²) in [5.74, 6) is 0.992. The Morgan fingerprint density at radius 2 is 2.25 bits per heavy atom. The van der Waals surface area contributed by atoms with E-state index in [4.69, 9.17) is 5.73 Å². The van der Waals surface area contributed by atoms with E-state index in [0.29, 0.717) is 13.0 Å². The van der Waals surface area contributed by atoms with Gasteiger partial charge in [-0.25, -0.2) is 0 Å². The van der Waals surface area contributed by atoms with Crippen molar-refractivity contribution in [2.75, 3.05) is 17.2 Å². The molecule has 0 fully saturated rings. The van der Waals surface area contributed by atoms with Crippen LogP contribution in [0.1, 0.15) is 17.5 Å². The van der Waals surface area contributed by atoms with E-state index < -0.39 is 0 Å². The van der Waals surface area contributed by atoms with Gasteiger partial charge in [0.05, 0.1) is 6.42 Å². The number of hydrogen-bond acceptors (Lipinski definition) is 3. The summed E-state index contributed by atoms with van der Waals surface area (Å²) < 4.78 is 0. The number of thiol groups is 1. The van der Waals surface area contributed by atoms with Gasteiger partial charge in [-0.05, 0) is 29.4 Å². The smallest absolute Gasteiger partial charge is 0.231 e. The van der Waals surface area contributed by atoms with Crippen molar-refractivity contribution in [1.82, 2.24) is 0 Å². The molecule has 2 rings (SSSR count). The highest BCUT2D eigenvalue weighted by atomic mass is 32.1. The number of benzene rings is 1. The summed E-state index contributed by atoms with van der Waals surface area (Å²) in [5.41, 5.74) is 8.82. The Hall–Kier alpha value is -1.00. The minimum atomic E-state index is 0.186. The molecule has 2 N–H and O–H groups in total. The monoisotopic (exact) mass is 236 g/mol. The Labute approximate surface area is 101 Å². The zero-order valence-corrected chi connectivity index (χ0v) is 10.0. The van der Waals surface area contributed by atoms with Gasteiger partial charge in [0.1, 0.15) is 0 Å². The van der Waals surface area contributed by atoms with E-state index in [9.17, 15) is 4.79 Å². The van der Waals surface area contributed by atoms with Crippen LogP contribution in [0.3, 0.4) is 0 Å². The first-order valence-corrected chi connectivity index (χ1v) is 6.12. The van der Waals surface area contributed by atoms with Gasteiger partial charge in [-0.15, -0.1) is 0 Å². The molecule has 0 unspecified atom stereocenters. The lowest BCUT2D eigenvalue weighted by molar-refractivity contribution is -0.117. The maximum absolute atomic E-state index is 11.8. The minimum absolute atomic E-state index is 0.186.